The molecule has 1 fully saturated rings. The number of aromatic nitrogens is 3. The molecule has 3 aromatic rings. The SMILES string of the molecule is N#Cc1cccc(C(=O)N2CCC(Cc3noc(-c4ccncc4)n3)C2)c1. The summed E-state index contributed by atoms with van der Waals surface area (Å²) in [6.07, 6.45) is 4.92. The van der Waals surface area contributed by atoms with E-state index in [2.05, 4.69) is 21.2 Å². The summed E-state index contributed by atoms with van der Waals surface area (Å²) in [6, 6.07) is 12.5. The largest absolute Gasteiger partial charge is 0.338 e. The molecule has 0 radical (unpaired) electrons. The summed E-state index contributed by atoms with van der Waals surface area (Å²) in [6.45, 7) is 1.34. The average Bonchev–Trinajstić information content (AvgIpc) is 3.38. The van der Waals surface area contributed by atoms with Crippen LogP contribution in [0.15, 0.2) is 53.3 Å². The Labute approximate surface area is 156 Å². The van der Waals surface area contributed by atoms with E-state index < -0.39 is 0 Å². The molecule has 1 aliphatic heterocycles. The highest BCUT2D eigenvalue weighted by Gasteiger charge is 2.28. The Morgan fingerprint density at radius 3 is 2.96 bits per heavy atom. The fourth-order valence-corrected chi connectivity index (χ4v) is 3.29. The molecule has 134 valence electrons. The van der Waals surface area contributed by atoms with Gasteiger partial charge in [-0.1, -0.05) is 11.2 Å². The third-order valence-electron chi connectivity index (χ3n) is 4.68. The van der Waals surface area contributed by atoms with Crippen molar-refractivity contribution in [1.82, 2.24) is 20.0 Å². The van der Waals surface area contributed by atoms with Crippen molar-refractivity contribution in [3.05, 3.63) is 65.7 Å². The zero-order valence-electron chi connectivity index (χ0n) is 14.6. The molecule has 2 aromatic heterocycles. The fraction of sp³-hybridized carbons (Fsp3) is 0.250. The van der Waals surface area contributed by atoms with E-state index in [-0.39, 0.29) is 11.8 Å². The number of likely N-dealkylation sites (tertiary alicyclic amines) is 1. The Balaban J connectivity index is 1.39. The predicted molar refractivity (Wildman–Crippen MR) is 96.4 cm³/mol. The number of carbonyl (C=O) groups is 1. The van der Waals surface area contributed by atoms with Crippen LogP contribution in [0.3, 0.4) is 0 Å². The lowest BCUT2D eigenvalue weighted by Gasteiger charge is -2.16. The van der Waals surface area contributed by atoms with Crippen molar-refractivity contribution in [3.8, 4) is 17.5 Å². The van der Waals surface area contributed by atoms with E-state index in [9.17, 15) is 4.79 Å². The minimum absolute atomic E-state index is 0.0415. The van der Waals surface area contributed by atoms with Crippen LogP contribution in [0, 0.1) is 17.2 Å². The highest BCUT2D eigenvalue weighted by atomic mass is 16.5. The molecule has 0 saturated carbocycles. The topological polar surface area (TPSA) is 95.9 Å². The zero-order valence-corrected chi connectivity index (χ0v) is 14.6. The lowest BCUT2D eigenvalue weighted by molar-refractivity contribution is 0.0787. The number of benzene rings is 1. The van der Waals surface area contributed by atoms with Gasteiger partial charge >= 0.3 is 0 Å². The molecule has 0 aliphatic carbocycles. The number of rotatable bonds is 4. The Morgan fingerprint density at radius 1 is 1.30 bits per heavy atom. The Kier molecular flexibility index (Phi) is 4.62. The molecule has 7 nitrogen and oxygen atoms in total. The Bertz CT molecular complexity index is 993. The Hall–Kier alpha value is -3.53. The molecule has 3 heterocycles. The van der Waals surface area contributed by atoms with Gasteiger partial charge in [0.2, 0.25) is 0 Å². The quantitative estimate of drug-likeness (QED) is 0.711. The monoisotopic (exact) mass is 359 g/mol. The van der Waals surface area contributed by atoms with E-state index in [0.29, 0.717) is 42.4 Å². The second kappa shape index (κ2) is 7.38. The first kappa shape index (κ1) is 16.9. The third-order valence-corrected chi connectivity index (χ3v) is 4.68. The minimum Gasteiger partial charge on any atom is -0.338 e. The highest BCUT2D eigenvalue weighted by molar-refractivity contribution is 5.94. The van der Waals surface area contributed by atoms with E-state index in [1.165, 1.54) is 0 Å². The molecular weight excluding hydrogens is 342 g/mol. The normalized spacial score (nSPS) is 16.3. The number of nitrogens with zero attached hydrogens (tertiary/aromatic N) is 5. The van der Waals surface area contributed by atoms with Crippen LogP contribution >= 0.6 is 0 Å². The van der Waals surface area contributed by atoms with Gasteiger partial charge in [0.15, 0.2) is 5.82 Å². The van der Waals surface area contributed by atoms with Crippen LogP contribution in [0.25, 0.3) is 11.5 Å². The van der Waals surface area contributed by atoms with Crippen molar-refractivity contribution in [2.45, 2.75) is 12.8 Å². The summed E-state index contributed by atoms with van der Waals surface area (Å²) in [5.74, 6) is 1.37. The van der Waals surface area contributed by atoms with Gasteiger partial charge in [0.25, 0.3) is 11.8 Å². The summed E-state index contributed by atoms with van der Waals surface area (Å²) in [5.41, 5.74) is 1.88. The maximum Gasteiger partial charge on any atom is 0.258 e. The maximum atomic E-state index is 12.7. The van der Waals surface area contributed by atoms with Crippen molar-refractivity contribution < 1.29 is 9.32 Å². The molecule has 1 atom stereocenters. The van der Waals surface area contributed by atoms with Crippen LogP contribution in [-0.2, 0) is 6.42 Å². The molecule has 0 spiro atoms. The zero-order chi connectivity index (χ0) is 18.6. The summed E-state index contributed by atoms with van der Waals surface area (Å²) >= 11 is 0. The molecule has 1 saturated heterocycles. The molecular formula is C20H17N5O2. The minimum atomic E-state index is -0.0415. The van der Waals surface area contributed by atoms with Gasteiger partial charge in [0, 0.05) is 43.0 Å². The van der Waals surface area contributed by atoms with Crippen molar-refractivity contribution in [1.29, 1.82) is 5.26 Å². The van der Waals surface area contributed by atoms with E-state index in [0.717, 1.165) is 12.0 Å². The Morgan fingerprint density at radius 2 is 2.15 bits per heavy atom. The van der Waals surface area contributed by atoms with Gasteiger partial charge in [-0.15, -0.1) is 0 Å². The first-order valence-corrected chi connectivity index (χ1v) is 8.75. The van der Waals surface area contributed by atoms with Crippen molar-refractivity contribution in [2.75, 3.05) is 13.1 Å². The van der Waals surface area contributed by atoms with E-state index in [1.807, 2.05) is 17.0 Å². The van der Waals surface area contributed by atoms with Gasteiger partial charge in [-0.3, -0.25) is 9.78 Å². The summed E-state index contributed by atoms with van der Waals surface area (Å²) < 4.78 is 5.33. The standard InChI is InChI=1S/C20H17N5O2/c21-12-14-2-1-3-17(10-14)20(26)25-9-6-15(13-25)11-18-23-19(27-24-18)16-4-7-22-8-5-16/h1-5,7-8,10,15H,6,9,11,13H2. The second-order valence-electron chi connectivity index (χ2n) is 6.55. The average molecular weight is 359 g/mol. The van der Waals surface area contributed by atoms with E-state index >= 15 is 0 Å². The molecule has 27 heavy (non-hydrogen) atoms. The van der Waals surface area contributed by atoms with E-state index in [1.54, 1.807) is 36.7 Å². The molecule has 4 rings (SSSR count). The number of hydrogen-bond donors (Lipinski definition) is 0. The number of nitriles is 1. The van der Waals surface area contributed by atoms with Crippen LogP contribution < -0.4 is 0 Å². The third kappa shape index (κ3) is 3.70. The lowest BCUT2D eigenvalue weighted by Crippen LogP contribution is -2.29. The number of hydrogen-bond acceptors (Lipinski definition) is 6. The van der Waals surface area contributed by atoms with Crippen LogP contribution in [0.5, 0.6) is 0 Å². The second-order valence-corrected chi connectivity index (χ2v) is 6.55. The lowest BCUT2D eigenvalue weighted by atomic mass is 10.0. The van der Waals surface area contributed by atoms with Crippen molar-refractivity contribution in [3.63, 3.8) is 0 Å². The number of pyridine rings is 1. The smallest absolute Gasteiger partial charge is 0.258 e. The van der Waals surface area contributed by atoms with Crippen molar-refractivity contribution in [2.24, 2.45) is 5.92 Å². The first-order chi connectivity index (χ1) is 13.2. The first-order valence-electron chi connectivity index (χ1n) is 8.75. The van der Waals surface area contributed by atoms with Gasteiger partial charge in [0.05, 0.1) is 11.6 Å². The van der Waals surface area contributed by atoms with Crippen LogP contribution in [-0.4, -0.2) is 39.0 Å². The molecule has 1 aliphatic rings. The summed E-state index contributed by atoms with van der Waals surface area (Å²) in [4.78, 5) is 22.9. The summed E-state index contributed by atoms with van der Waals surface area (Å²) in [7, 11) is 0. The van der Waals surface area contributed by atoms with Gasteiger partial charge in [-0.2, -0.15) is 10.2 Å². The maximum absolute atomic E-state index is 12.7. The molecule has 0 bridgehead atoms. The van der Waals surface area contributed by atoms with Gasteiger partial charge in [0.1, 0.15) is 0 Å². The van der Waals surface area contributed by atoms with Crippen molar-refractivity contribution >= 4 is 5.91 Å². The molecule has 1 aromatic carbocycles. The van der Waals surface area contributed by atoms with Gasteiger partial charge in [-0.25, -0.2) is 0 Å². The van der Waals surface area contributed by atoms with E-state index in [4.69, 9.17) is 9.78 Å². The highest BCUT2D eigenvalue weighted by Crippen LogP contribution is 2.23. The molecule has 7 heteroatoms. The number of amides is 1. The molecule has 1 amide bonds. The van der Waals surface area contributed by atoms with Crippen LogP contribution in [0.2, 0.25) is 0 Å². The summed E-state index contributed by atoms with van der Waals surface area (Å²) in [5, 5.41) is 13.1. The van der Waals surface area contributed by atoms with Gasteiger partial charge in [-0.05, 0) is 42.7 Å². The molecule has 0 N–H and O–H groups in total. The number of carbonyl (C=O) groups excluding carboxylic acids is 1. The fourth-order valence-electron chi connectivity index (χ4n) is 3.29. The van der Waals surface area contributed by atoms with Crippen LogP contribution in [0.4, 0.5) is 0 Å². The predicted octanol–water partition coefficient (Wildman–Crippen LogP) is 2.71. The van der Waals surface area contributed by atoms with Crippen LogP contribution in [0.1, 0.15) is 28.2 Å². The molecule has 1 unspecified atom stereocenters. The van der Waals surface area contributed by atoms with Gasteiger partial charge < -0.3 is 9.42 Å².